The number of allylic oxidation sites excluding steroid dienone is 1. The second-order valence-electron chi connectivity index (χ2n) is 3.48. The summed E-state index contributed by atoms with van der Waals surface area (Å²) in [5.41, 5.74) is 0. The van der Waals surface area contributed by atoms with Crippen LogP contribution in [0.25, 0.3) is 0 Å². The Morgan fingerprint density at radius 3 is 2.37 bits per heavy atom. The number of carbonyl (C=O) groups excluding carboxylic acids is 2. The fraction of sp³-hybridized carbons (Fsp3) is 0.600. The molecule has 19 heavy (non-hydrogen) atoms. The van der Waals surface area contributed by atoms with Crippen LogP contribution in [-0.2, 0) is 29.2 Å². The molecule has 1 atom stereocenters. The molecule has 0 saturated heterocycles. The van der Waals surface area contributed by atoms with Gasteiger partial charge in [-0.1, -0.05) is 6.08 Å². The molecule has 1 unspecified atom stereocenters. The molecule has 0 heterocycles. The maximum absolute atomic E-state index is 11.3. The van der Waals surface area contributed by atoms with E-state index < -0.39 is 40.3 Å². The van der Waals surface area contributed by atoms with Crippen molar-refractivity contribution < 1.29 is 32.0 Å². The minimum absolute atomic E-state index is 0. The molecule has 0 aromatic carbocycles. The third-order valence-corrected chi connectivity index (χ3v) is 2.45. The fourth-order valence-corrected chi connectivity index (χ4v) is 1.14. The Bertz CT molecular complexity index is 416. The van der Waals surface area contributed by atoms with E-state index in [2.05, 4.69) is 4.74 Å². The van der Waals surface area contributed by atoms with Crippen molar-refractivity contribution in [2.24, 2.45) is 5.92 Å². The normalized spacial score (nSPS) is 12.6. The van der Waals surface area contributed by atoms with Crippen LogP contribution in [0.3, 0.4) is 0 Å². The Morgan fingerprint density at radius 1 is 1.32 bits per heavy atom. The zero-order valence-electron chi connectivity index (χ0n) is 10.2. The van der Waals surface area contributed by atoms with Gasteiger partial charge in [0.1, 0.15) is 19.0 Å². The van der Waals surface area contributed by atoms with Gasteiger partial charge < -0.3 is 9.47 Å². The number of hydrogen-bond acceptors (Lipinski definition) is 6. The zero-order chi connectivity index (χ0) is 14.2. The zero-order valence-corrected chi connectivity index (χ0v) is 11.0. The Morgan fingerprint density at radius 2 is 1.89 bits per heavy atom. The molecule has 0 amide bonds. The van der Waals surface area contributed by atoms with Gasteiger partial charge in [-0.25, -0.2) is 4.79 Å². The van der Waals surface area contributed by atoms with Crippen LogP contribution >= 0.6 is 0 Å². The summed E-state index contributed by atoms with van der Waals surface area (Å²) in [6.45, 7) is 2.52. The van der Waals surface area contributed by atoms with E-state index in [1.807, 2.05) is 0 Å². The summed E-state index contributed by atoms with van der Waals surface area (Å²) < 4.78 is 38.4. The molecule has 0 saturated carbocycles. The SMILES string of the molecule is CC=CC(=O)OCC(C)C(=O)OCCS(=O)(=O)O.[CaH2]. The van der Waals surface area contributed by atoms with Crippen LogP contribution in [0.15, 0.2) is 12.2 Å². The third kappa shape index (κ3) is 12.6. The van der Waals surface area contributed by atoms with Gasteiger partial charge in [-0.15, -0.1) is 0 Å². The van der Waals surface area contributed by atoms with E-state index in [1.165, 1.54) is 19.1 Å². The number of rotatable bonds is 7. The van der Waals surface area contributed by atoms with Crippen LogP contribution < -0.4 is 0 Å². The predicted molar refractivity (Wildman–Crippen MR) is 70.9 cm³/mol. The molecule has 1 N–H and O–H groups in total. The third-order valence-electron chi connectivity index (χ3n) is 1.77. The summed E-state index contributed by atoms with van der Waals surface area (Å²) in [4.78, 5) is 22.2. The van der Waals surface area contributed by atoms with E-state index in [4.69, 9.17) is 9.29 Å². The van der Waals surface area contributed by atoms with Crippen molar-refractivity contribution >= 4 is 59.8 Å². The van der Waals surface area contributed by atoms with Gasteiger partial charge in [-0.05, 0) is 13.8 Å². The molecule has 0 radical (unpaired) electrons. The maximum atomic E-state index is 11.3. The second kappa shape index (κ2) is 10.6. The Balaban J connectivity index is 0. The average Bonchev–Trinajstić information content (AvgIpc) is 2.24. The van der Waals surface area contributed by atoms with E-state index in [1.54, 1.807) is 6.92 Å². The van der Waals surface area contributed by atoms with Gasteiger partial charge in [-0.2, -0.15) is 8.42 Å². The van der Waals surface area contributed by atoms with E-state index in [-0.39, 0.29) is 44.3 Å². The van der Waals surface area contributed by atoms with Crippen LogP contribution in [0.5, 0.6) is 0 Å². The summed E-state index contributed by atoms with van der Waals surface area (Å²) in [7, 11) is -4.15. The molecule has 9 heteroatoms. The second-order valence-corrected chi connectivity index (χ2v) is 5.06. The molecule has 0 spiro atoms. The van der Waals surface area contributed by atoms with Gasteiger partial charge in [0.05, 0.1) is 5.92 Å². The molecule has 7 nitrogen and oxygen atoms in total. The van der Waals surface area contributed by atoms with Crippen molar-refractivity contribution in [3.05, 3.63) is 12.2 Å². The van der Waals surface area contributed by atoms with Crippen molar-refractivity contribution in [3.8, 4) is 0 Å². The van der Waals surface area contributed by atoms with Crippen LogP contribution in [0.1, 0.15) is 13.8 Å². The van der Waals surface area contributed by atoms with Crippen LogP contribution in [0.2, 0.25) is 0 Å². The molecule has 0 aromatic heterocycles. The summed E-state index contributed by atoms with van der Waals surface area (Å²) >= 11 is 0. The van der Waals surface area contributed by atoms with Crippen molar-refractivity contribution in [3.63, 3.8) is 0 Å². The first-order valence-electron chi connectivity index (χ1n) is 5.17. The molecule has 0 aromatic rings. The summed E-state index contributed by atoms with van der Waals surface area (Å²) in [5.74, 6) is -2.65. The molecule has 0 fully saturated rings. The number of hydrogen-bond donors (Lipinski definition) is 1. The van der Waals surface area contributed by atoms with Crippen molar-refractivity contribution in [1.29, 1.82) is 0 Å². The Hall–Kier alpha value is -0.150. The molecular formula is C10H18CaO7S. The Labute approximate surface area is 142 Å². The molecule has 0 aliphatic heterocycles. The van der Waals surface area contributed by atoms with Gasteiger partial charge in [0.15, 0.2) is 0 Å². The summed E-state index contributed by atoms with van der Waals surface area (Å²) in [6, 6.07) is 0. The molecule has 0 aliphatic rings. The van der Waals surface area contributed by atoms with E-state index in [0.717, 1.165) is 0 Å². The summed E-state index contributed by atoms with van der Waals surface area (Å²) in [6.07, 6.45) is 2.70. The van der Waals surface area contributed by atoms with Gasteiger partial charge in [-0.3, -0.25) is 9.35 Å². The van der Waals surface area contributed by atoms with Crippen LogP contribution in [0, 0.1) is 5.92 Å². The standard InChI is InChI=1S/C10H16O7S.Ca.2H/c1-3-4-9(11)17-7-8(2)10(12)16-5-6-18(13,14)15;;;/h3-4,8H,5-7H2,1-2H3,(H,13,14,15);;;. The average molecular weight is 322 g/mol. The molecular weight excluding hydrogens is 304 g/mol. The van der Waals surface area contributed by atoms with Crippen molar-refractivity contribution in [2.75, 3.05) is 19.0 Å². The van der Waals surface area contributed by atoms with Crippen molar-refractivity contribution in [1.82, 2.24) is 0 Å². The van der Waals surface area contributed by atoms with E-state index in [0.29, 0.717) is 0 Å². The molecule has 0 bridgehead atoms. The van der Waals surface area contributed by atoms with Crippen molar-refractivity contribution in [2.45, 2.75) is 13.8 Å². The van der Waals surface area contributed by atoms with Gasteiger partial charge >= 0.3 is 49.7 Å². The number of carbonyl (C=O) groups is 2. The molecule has 108 valence electrons. The van der Waals surface area contributed by atoms with Gasteiger partial charge in [0.2, 0.25) is 0 Å². The topological polar surface area (TPSA) is 107 Å². The van der Waals surface area contributed by atoms with Crippen LogP contribution in [-0.4, -0.2) is 81.6 Å². The first-order valence-corrected chi connectivity index (χ1v) is 6.78. The summed E-state index contributed by atoms with van der Waals surface area (Å²) in [5, 5.41) is 0. The predicted octanol–water partition coefficient (Wildman–Crippen LogP) is -0.743. The molecule has 0 aliphatic carbocycles. The number of esters is 2. The number of ether oxygens (including phenoxy) is 2. The monoisotopic (exact) mass is 322 g/mol. The van der Waals surface area contributed by atoms with E-state index in [9.17, 15) is 18.0 Å². The first kappa shape index (κ1) is 21.2. The fourth-order valence-electron chi connectivity index (χ4n) is 0.849. The molecule has 0 rings (SSSR count). The van der Waals surface area contributed by atoms with E-state index >= 15 is 0 Å². The van der Waals surface area contributed by atoms with Gasteiger partial charge in [0, 0.05) is 6.08 Å². The van der Waals surface area contributed by atoms with Gasteiger partial charge in [0.25, 0.3) is 10.1 Å². The Kier molecular flexibility index (Phi) is 11.8. The minimum atomic E-state index is -4.15. The van der Waals surface area contributed by atoms with Crippen LogP contribution in [0.4, 0.5) is 0 Å². The quantitative estimate of drug-likeness (QED) is 0.284. The first-order chi connectivity index (χ1) is 8.26.